The van der Waals surface area contributed by atoms with Crippen LogP contribution in [0.25, 0.3) is 10.8 Å². The number of hydrogen-bond donors (Lipinski definition) is 2. The molecule has 2 N–H and O–H groups in total. The lowest BCUT2D eigenvalue weighted by molar-refractivity contribution is -0.138. The summed E-state index contributed by atoms with van der Waals surface area (Å²) in [7, 11) is 0. The van der Waals surface area contributed by atoms with Gasteiger partial charge in [0.05, 0.1) is 13.2 Å². The van der Waals surface area contributed by atoms with Crippen LogP contribution in [0.2, 0.25) is 0 Å². The number of rotatable bonds is 8. The molecule has 0 fully saturated rings. The molecular formula is C22H26N2O4. The van der Waals surface area contributed by atoms with Gasteiger partial charge in [-0.05, 0) is 39.8 Å². The van der Waals surface area contributed by atoms with Crippen LogP contribution in [0.5, 0.6) is 0 Å². The van der Waals surface area contributed by atoms with E-state index in [-0.39, 0.29) is 11.9 Å². The Morgan fingerprint density at radius 1 is 0.786 bits per heavy atom. The van der Waals surface area contributed by atoms with Crippen molar-refractivity contribution < 1.29 is 19.1 Å². The molecule has 0 aromatic heterocycles. The van der Waals surface area contributed by atoms with Crippen LogP contribution in [0, 0.1) is 0 Å². The fourth-order valence-corrected chi connectivity index (χ4v) is 2.75. The van der Waals surface area contributed by atoms with E-state index >= 15 is 0 Å². The highest BCUT2D eigenvalue weighted by atomic mass is 16.5. The second-order valence-corrected chi connectivity index (χ2v) is 6.12. The minimum Gasteiger partial charge on any atom is -0.463 e. The number of ether oxygens (including phenoxy) is 2. The van der Waals surface area contributed by atoms with Crippen LogP contribution in [-0.4, -0.2) is 25.2 Å². The van der Waals surface area contributed by atoms with Crippen LogP contribution in [0.1, 0.15) is 27.7 Å². The molecule has 148 valence electrons. The number of carbonyl (C=O) groups excluding carboxylic acids is 2. The van der Waals surface area contributed by atoms with E-state index in [0.717, 1.165) is 22.1 Å². The van der Waals surface area contributed by atoms with Crippen LogP contribution in [0.4, 0.5) is 11.4 Å². The first-order chi connectivity index (χ1) is 13.4. The zero-order chi connectivity index (χ0) is 20.5. The van der Waals surface area contributed by atoms with Gasteiger partial charge in [0.1, 0.15) is 0 Å². The van der Waals surface area contributed by atoms with Crippen LogP contribution < -0.4 is 10.6 Å². The Kier molecular flexibility index (Phi) is 7.63. The van der Waals surface area contributed by atoms with Crippen molar-refractivity contribution in [2.24, 2.45) is 0 Å². The van der Waals surface area contributed by atoms with E-state index in [1.54, 1.807) is 13.8 Å². The molecule has 0 bridgehead atoms. The summed E-state index contributed by atoms with van der Waals surface area (Å²) >= 11 is 0. The zero-order valence-corrected chi connectivity index (χ0v) is 16.7. The molecule has 2 aromatic carbocycles. The minimum atomic E-state index is -0.380. The van der Waals surface area contributed by atoms with Gasteiger partial charge < -0.3 is 20.1 Å². The summed E-state index contributed by atoms with van der Waals surface area (Å²) in [5.41, 5.74) is 3.10. The predicted octanol–water partition coefficient (Wildman–Crippen LogP) is 4.60. The molecular weight excluding hydrogens is 356 g/mol. The molecule has 0 saturated carbocycles. The third-order valence-electron chi connectivity index (χ3n) is 3.83. The maximum atomic E-state index is 11.6. The minimum absolute atomic E-state index is 0.338. The smallest absolute Gasteiger partial charge is 0.332 e. The molecule has 0 aliphatic heterocycles. The second-order valence-electron chi connectivity index (χ2n) is 6.12. The first-order valence-electron chi connectivity index (χ1n) is 9.20. The number of nitrogens with one attached hydrogen (secondary N) is 2. The summed E-state index contributed by atoms with van der Waals surface area (Å²) in [5.74, 6) is -0.760. The van der Waals surface area contributed by atoms with Gasteiger partial charge in [-0.15, -0.1) is 0 Å². The van der Waals surface area contributed by atoms with Gasteiger partial charge in [0.15, 0.2) is 0 Å². The number of anilines is 2. The SMILES string of the molecule is CCOC(=O)/C=C(/C)Nc1cccc2c(N/C(C)=C\C(=O)OCC)cccc12. The Hall–Kier alpha value is -3.28. The first kappa shape index (κ1) is 21.0. The van der Waals surface area contributed by atoms with Crippen molar-refractivity contribution in [1.29, 1.82) is 0 Å². The lowest BCUT2D eigenvalue weighted by atomic mass is 10.1. The number of hydrogen-bond acceptors (Lipinski definition) is 6. The fraction of sp³-hybridized carbons (Fsp3) is 0.273. The van der Waals surface area contributed by atoms with E-state index in [1.807, 2.05) is 50.2 Å². The topological polar surface area (TPSA) is 76.7 Å². The third kappa shape index (κ3) is 5.87. The third-order valence-corrected chi connectivity index (χ3v) is 3.83. The molecule has 0 radical (unpaired) electrons. The molecule has 0 saturated heterocycles. The molecule has 6 heteroatoms. The number of benzene rings is 2. The first-order valence-corrected chi connectivity index (χ1v) is 9.20. The highest BCUT2D eigenvalue weighted by Crippen LogP contribution is 2.30. The van der Waals surface area contributed by atoms with Crippen molar-refractivity contribution in [1.82, 2.24) is 0 Å². The lowest BCUT2D eigenvalue weighted by Crippen LogP contribution is -2.05. The molecule has 0 unspecified atom stereocenters. The molecule has 0 amide bonds. The Labute approximate surface area is 165 Å². The van der Waals surface area contributed by atoms with Gasteiger partial charge in [0.2, 0.25) is 0 Å². The molecule has 2 rings (SSSR count). The average molecular weight is 382 g/mol. The maximum Gasteiger partial charge on any atom is 0.332 e. The van der Waals surface area contributed by atoms with E-state index in [0.29, 0.717) is 24.6 Å². The Morgan fingerprint density at radius 2 is 1.18 bits per heavy atom. The number of fused-ring (bicyclic) bond motifs is 1. The number of carbonyl (C=O) groups is 2. The number of esters is 2. The van der Waals surface area contributed by atoms with Crippen LogP contribution in [-0.2, 0) is 19.1 Å². The van der Waals surface area contributed by atoms with Gasteiger partial charge in [-0.3, -0.25) is 0 Å². The molecule has 0 aliphatic rings. The predicted molar refractivity (Wildman–Crippen MR) is 112 cm³/mol. The molecule has 0 aliphatic carbocycles. The lowest BCUT2D eigenvalue weighted by Gasteiger charge is -2.14. The van der Waals surface area contributed by atoms with Crippen molar-refractivity contribution in [3.8, 4) is 0 Å². The molecule has 0 atom stereocenters. The van der Waals surface area contributed by atoms with Crippen LogP contribution in [0.15, 0.2) is 59.9 Å². The highest BCUT2D eigenvalue weighted by molar-refractivity contribution is 6.02. The standard InChI is InChI=1S/C22H26N2O4/c1-5-27-21(25)13-15(3)23-19-11-7-10-18-17(19)9-8-12-20(18)24-16(4)14-22(26)28-6-2/h7-14,23-24H,5-6H2,1-4H3/b15-13-,16-14-. The summed E-state index contributed by atoms with van der Waals surface area (Å²) in [4.78, 5) is 23.2. The van der Waals surface area contributed by atoms with Crippen molar-refractivity contribution in [3.63, 3.8) is 0 Å². The monoisotopic (exact) mass is 382 g/mol. The zero-order valence-electron chi connectivity index (χ0n) is 16.7. The van der Waals surface area contributed by atoms with Gasteiger partial charge in [0, 0.05) is 45.7 Å². The van der Waals surface area contributed by atoms with Gasteiger partial charge >= 0.3 is 11.9 Å². The molecule has 2 aromatic rings. The van der Waals surface area contributed by atoms with Crippen molar-refractivity contribution in [2.45, 2.75) is 27.7 Å². The molecule has 28 heavy (non-hydrogen) atoms. The van der Waals surface area contributed by atoms with E-state index < -0.39 is 0 Å². The summed E-state index contributed by atoms with van der Waals surface area (Å²) < 4.78 is 9.88. The highest BCUT2D eigenvalue weighted by Gasteiger charge is 2.07. The summed E-state index contributed by atoms with van der Waals surface area (Å²) in [6, 6.07) is 11.7. The quantitative estimate of drug-likeness (QED) is 0.513. The van der Waals surface area contributed by atoms with Crippen molar-refractivity contribution >= 4 is 34.1 Å². The number of allylic oxidation sites excluding steroid dienone is 2. The van der Waals surface area contributed by atoms with Gasteiger partial charge in [0.25, 0.3) is 0 Å². The molecule has 6 nitrogen and oxygen atoms in total. The largest absolute Gasteiger partial charge is 0.463 e. The Morgan fingerprint density at radius 3 is 1.54 bits per heavy atom. The average Bonchev–Trinajstić information content (AvgIpc) is 2.62. The van der Waals surface area contributed by atoms with Gasteiger partial charge in [-0.1, -0.05) is 24.3 Å². The Bertz CT molecular complexity index is 841. The maximum absolute atomic E-state index is 11.6. The van der Waals surface area contributed by atoms with Crippen LogP contribution >= 0.6 is 0 Å². The second kappa shape index (κ2) is 10.2. The van der Waals surface area contributed by atoms with Crippen LogP contribution in [0.3, 0.4) is 0 Å². The van der Waals surface area contributed by atoms with E-state index in [1.165, 1.54) is 12.2 Å². The van der Waals surface area contributed by atoms with Gasteiger partial charge in [-0.25, -0.2) is 9.59 Å². The van der Waals surface area contributed by atoms with E-state index in [2.05, 4.69) is 10.6 Å². The summed E-state index contributed by atoms with van der Waals surface area (Å²) in [6.07, 6.45) is 2.85. The van der Waals surface area contributed by atoms with E-state index in [9.17, 15) is 9.59 Å². The van der Waals surface area contributed by atoms with Gasteiger partial charge in [-0.2, -0.15) is 0 Å². The molecule has 0 spiro atoms. The summed E-state index contributed by atoms with van der Waals surface area (Å²) in [5, 5.41) is 8.45. The normalized spacial score (nSPS) is 11.9. The van der Waals surface area contributed by atoms with E-state index in [4.69, 9.17) is 9.47 Å². The van der Waals surface area contributed by atoms with Crippen molar-refractivity contribution in [3.05, 3.63) is 59.9 Å². The van der Waals surface area contributed by atoms with Crippen molar-refractivity contribution in [2.75, 3.05) is 23.8 Å². The fourth-order valence-electron chi connectivity index (χ4n) is 2.75. The Balaban J connectivity index is 2.29. The molecule has 0 heterocycles. The summed E-state index contributed by atoms with van der Waals surface area (Å²) in [6.45, 7) is 7.83.